The fourth-order valence-electron chi connectivity index (χ4n) is 1.64. The summed E-state index contributed by atoms with van der Waals surface area (Å²) in [6.07, 6.45) is -4.35. The van der Waals surface area contributed by atoms with E-state index < -0.39 is 17.3 Å². The van der Waals surface area contributed by atoms with E-state index in [2.05, 4.69) is 0 Å². The molecule has 0 atom stereocenters. The fraction of sp³-hybridized carbons (Fsp3) is 0.462. The average molecular weight is 274 g/mol. The Kier molecular flexibility index (Phi) is 4.25. The Hall–Kier alpha value is -1.56. The summed E-state index contributed by atoms with van der Waals surface area (Å²) in [6, 6.07) is 4.72. The van der Waals surface area contributed by atoms with Gasteiger partial charge in [-0.3, -0.25) is 4.79 Å². The smallest absolute Gasteiger partial charge is 0.340 e. The number of carbonyl (C=O) groups excluding carboxylic acids is 1. The van der Waals surface area contributed by atoms with Gasteiger partial charge in [0.25, 0.3) is 0 Å². The van der Waals surface area contributed by atoms with Gasteiger partial charge in [-0.25, -0.2) is 0 Å². The van der Waals surface area contributed by atoms with E-state index in [0.29, 0.717) is 5.56 Å². The minimum absolute atomic E-state index is 0.220. The minimum atomic E-state index is -4.35. The number of carbonyl (C=O) groups is 1. The molecule has 0 aliphatic rings. The van der Waals surface area contributed by atoms with E-state index in [-0.39, 0.29) is 12.5 Å². The van der Waals surface area contributed by atoms with Crippen molar-refractivity contribution in [1.82, 2.24) is 4.90 Å². The first-order chi connectivity index (χ1) is 8.51. The quantitative estimate of drug-likeness (QED) is 0.920. The van der Waals surface area contributed by atoms with Crippen LogP contribution in [0, 0.1) is 0 Å². The molecule has 0 unspecified atom stereocenters. The molecule has 1 amide bonds. The largest absolute Gasteiger partial charge is 0.416 e. The van der Waals surface area contributed by atoms with Crippen LogP contribution in [0.5, 0.6) is 0 Å². The summed E-state index contributed by atoms with van der Waals surface area (Å²) in [5.74, 6) is -0.271. The molecule has 0 bridgehead atoms. The molecule has 1 aromatic carbocycles. The number of nitrogens with two attached hydrogens (primary N) is 1. The molecule has 3 nitrogen and oxygen atoms in total. The summed E-state index contributed by atoms with van der Waals surface area (Å²) < 4.78 is 37.2. The maximum atomic E-state index is 12.4. The molecule has 0 aliphatic heterocycles. The lowest BCUT2D eigenvalue weighted by Gasteiger charge is -2.26. The number of benzene rings is 1. The number of hydrogen-bond donors (Lipinski definition) is 1. The number of likely N-dealkylation sites (N-methyl/N-ethyl adjacent to an activating group) is 1. The predicted octanol–water partition coefficient (Wildman–Crippen LogP) is 2.40. The number of nitrogens with zero attached hydrogens (tertiary/aromatic N) is 1. The van der Waals surface area contributed by atoms with Crippen molar-refractivity contribution >= 4 is 5.91 Å². The summed E-state index contributed by atoms with van der Waals surface area (Å²) in [7, 11) is 1.56. The van der Waals surface area contributed by atoms with E-state index in [1.54, 1.807) is 20.9 Å². The predicted molar refractivity (Wildman–Crippen MR) is 66.2 cm³/mol. The molecule has 0 aliphatic carbocycles. The molecule has 0 fully saturated rings. The SMILES string of the molecule is CN(Cc1ccc(C(F)(F)F)cc1)C(=O)C(C)(C)N. The van der Waals surface area contributed by atoms with Crippen LogP contribution in [0.4, 0.5) is 13.2 Å². The monoisotopic (exact) mass is 274 g/mol. The Bertz CT molecular complexity index is 446. The summed E-state index contributed by atoms with van der Waals surface area (Å²) in [4.78, 5) is 13.2. The second-order valence-electron chi connectivity index (χ2n) is 5.08. The summed E-state index contributed by atoms with van der Waals surface area (Å²) >= 11 is 0. The second kappa shape index (κ2) is 5.21. The van der Waals surface area contributed by atoms with Crippen molar-refractivity contribution < 1.29 is 18.0 Å². The van der Waals surface area contributed by atoms with Crippen LogP contribution in [-0.4, -0.2) is 23.4 Å². The molecule has 0 spiro atoms. The summed E-state index contributed by atoms with van der Waals surface area (Å²) in [5.41, 5.74) is 4.59. The molecule has 6 heteroatoms. The highest BCUT2D eigenvalue weighted by Gasteiger charge is 2.30. The van der Waals surface area contributed by atoms with Crippen LogP contribution < -0.4 is 5.73 Å². The third kappa shape index (κ3) is 4.24. The molecule has 0 aromatic heterocycles. The van der Waals surface area contributed by atoms with Crippen molar-refractivity contribution in [1.29, 1.82) is 0 Å². The number of rotatable bonds is 3. The maximum Gasteiger partial charge on any atom is 0.416 e. The zero-order valence-corrected chi connectivity index (χ0v) is 11.1. The van der Waals surface area contributed by atoms with Gasteiger partial charge in [-0.2, -0.15) is 13.2 Å². The van der Waals surface area contributed by atoms with Crippen LogP contribution in [0.25, 0.3) is 0 Å². The van der Waals surface area contributed by atoms with Gasteiger partial charge in [-0.05, 0) is 31.5 Å². The molecule has 1 aromatic rings. The van der Waals surface area contributed by atoms with Gasteiger partial charge in [0.1, 0.15) is 0 Å². The molecule has 0 saturated carbocycles. The zero-order chi connectivity index (χ0) is 14.8. The molecular weight excluding hydrogens is 257 g/mol. The summed E-state index contributed by atoms with van der Waals surface area (Å²) in [6.45, 7) is 3.38. The van der Waals surface area contributed by atoms with Crippen LogP contribution in [-0.2, 0) is 17.5 Å². The van der Waals surface area contributed by atoms with Crippen LogP contribution >= 0.6 is 0 Å². The highest BCUT2D eigenvalue weighted by atomic mass is 19.4. The Morgan fingerprint density at radius 3 is 2.05 bits per heavy atom. The van der Waals surface area contributed by atoms with E-state index >= 15 is 0 Å². The molecular formula is C13H17F3N2O. The molecule has 106 valence electrons. The van der Waals surface area contributed by atoms with Crippen molar-refractivity contribution in [2.24, 2.45) is 5.73 Å². The Morgan fingerprint density at radius 1 is 1.21 bits per heavy atom. The van der Waals surface area contributed by atoms with Crippen molar-refractivity contribution in [3.8, 4) is 0 Å². The van der Waals surface area contributed by atoms with Crippen molar-refractivity contribution in [3.05, 3.63) is 35.4 Å². The molecule has 1 rings (SSSR count). The van der Waals surface area contributed by atoms with Crippen molar-refractivity contribution in [3.63, 3.8) is 0 Å². The van der Waals surface area contributed by atoms with Gasteiger partial charge in [0.05, 0.1) is 11.1 Å². The highest BCUT2D eigenvalue weighted by molar-refractivity contribution is 5.84. The van der Waals surface area contributed by atoms with Crippen LogP contribution in [0.2, 0.25) is 0 Å². The highest BCUT2D eigenvalue weighted by Crippen LogP contribution is 2.29. The minimum Gasteiger partial charge on any atom is -0.340 e. The van der Waals surface area contributed by atoms with E-state index in [1.807, 2.05) is 0 Å². The van der Waals surface area contributed by atoms with E-state index in [1.165, 1.54) is 17.0 Å². The van der Waals surface area contributed by atoms with Gasteiger partial charge in [-0.15, -0.1) is 0 Å². The topological polar surface area (TPSA) is 46.3 Å². The molecule has 2 N–H and O–H groups in total. The molecule has 0 saturated heterocycles. The first-order valence-electron chi connectivity index (χ1n) is 5.72. The van der Waals surface area contributed by atoms with Gasteiger partial charge in [0.15, 0.2) is 0 Å². The lowest BCUT2D eigenvalue weighted by Crippen LogP contribution is -2.49. The number of amides is 1. The lowest BCUT2D eigenvalue weighted by atomic mass is 10.0. The first-order valence-corrected chi connectivity index (χ1v) is 5.72. The third-order valence-electron chi connectivity index (χ3n) is 2.60. The van der Waals surface area contributed by atoms with E-state index in [9.17, 15) is 18.0 Å². The molecule has 19 heavy (non-hydrogen) atoms. The zero-order valence-electron chi connectivity index (χ0n) is 11.1. The number of alkyl halides is 3. The van der Waals surface area contributed by atoms with Crippen molar-refractivity contribution in [2.75, 3.05) is 7.05 Å². The Morgan fingerprint density at radius 2 is 1.68 bits per heavy atom. The van der Waals surface area contributed by atoms with Crippen molar-refractivity contribution in [2.45, 2.75) is 32.1 Å². The van der Waals surface area contributed by atoms with Gasteiger partial charge in [0.2, 0.25) is 5.91 Å². The maximum absolute atomic E-state index is 12.4. The second-order valence-corrected chi connectivity index (χ2v) is 5.08. The van der Waals surface area contributed by atoms with Crippen LogP contribution in [0.15, 0.2) is 24.3 Å². The fourth-order valence-corrected chi connectivity index (χ4v) is 1.64. The summed E-state index contributed by atoms with van der Waals surface area (Å²) in [5, 5.41) is 0. The van der Waals surface area contributed by atoms with Crippen LogP contribution in [0.1, 0.15) is 25.0 Å². The van der Waals surface area contributed by atoms with Gasteiger partial charge in [0, 0.05) is 13.6 Å². The number of halogens is 3. The standard InChI is InChI=1S/C13H17F3N2O/c1-12(2,17)11(19)18(3)8-9-4-6-10(7-5-9)13(14,15)16/h4-7H,8,17H2,1-3H3. The molecule has 0 radical (unpaired) electrons. The van der Waals surface area contributed by atoms with Crippen LogP contribution in [0.3, 0.4) is 0 Å². The average Bonchev–Trinajstić information content (AvgIpc) is 2.26. The first kappa shape index (κ1) is 15.5. The van der Waals surface area contributed by atoms with E-state index in [4.69, 9.17) is 5.73 Å². The lowest BCUT2D eigenvalue weighted by molar-refractivity contribution is -0.138. The van der Waals surface area contributed by atoms with Gasteiger partial charge < -0.3 is 10.6 Å². The van der Waals surface area contributed by atoms with Gasteiger partial charge >= 0.3 is 6.18 Å². The number of hydrogen-bond acceptors (Lipinski definition) is 2. The third-order valence-corrected chi connectivity index (χ3v) is 2.60. The Balaban J connectivity index is 2.77. The van der Waals surface area contributed by atoms with Gasteiger partial charge in [-0.1, -0.05) is 12.1 Å². The molecule has 0 heterocycles. The van der Waals surface area contributed by atoms with E-state index in [0.717, 1.165) is 12.1 Å². The normalized spacial score (nSPS) is 12.4. The Labute approximate surface area is 110 Å².